The van der Waals surface area contributed by atoms with E-state index in [1.807, 2.05) is 37.3 Å². The van der Waals surface area contributed by atoms with E-state index in [1.165, 1.54) is 6.26 Å². The Bertz CT molecular complexity index is 877. The smallest absolute Gasteiger partial charge is 0.319 e. The molecule has 1 fully saturated rings. The quantitative estimate of drug-likeness (QED) is 0.858. The van der Waals surface area contributed by atoms with Crippen LogP contribution in [0, 0.1) is 6.92 Å². The minimum atomic E-state index is -3.19. The molecular weight excluding hydrogens is 352 g/mol. The fraction of sp³-hybridized carbons (Fsp3) is 0.444. The van der Waals surface area contributed by atoms with Crippen LogP contribution in [0.15, 0.2) is 36.5 Å². The summed E-state index contributed by atoms with van der Waals surface area (Å²) >= 11 is 0. The molecule has 0 unspecified atom stereocenters. The summed E-state index contributed by atoms with van der Waals surface area (Å²) in [5.41, 5.74) is 2.30. The Labute approximate surface area is 153 Å². The number of urea groups is 1. The van der Waals surface area contributed by atoms with Crippen LogP contribution in [-0.4, -0.2) is 41.8 Å². The molecule has 0 spiro atoms. The van der Waals surface area contributed by atoms with E-state index < -0.39 is 21.1 Å². The van der Waals surface area contributed by atoms with Gasteiger partial charge in [-0.2, -0.15) is 5.10 Å². The Hall–Kier alpha value is -2.35. The first-order valence-corrected chi connectivity index (χ1v) is 10.7. The number of benzene rings is 1. The number of amides is 2. The molecule has 2 aromatic rings. The van der Waals surface area contributed by atoms with Crippen LogP contribution < -0.4 is 10.6 Å². The van der Waals surface area contributed by atoms with Gasteiger partial charge in [0.2, 0.25) is 0 Å². The molecule has 1 saturated carbocycles. The van der Waals surface area contributed by atoms with Crippen molar-refractivity contribution in [2.45, 2.75) is 43.9 Å². The molecule has 1 aromatic heterocycles. The van der Waals surface area contributed by atoms with E-state index in [4.69, 9.17) is 0 Å². The molecule has 0 bridgehead atoms. The lowest BCUT2D eigenvalue weighted by Gasteiger charge is -2.30. The van der Waals surface area contributed by atoms with Crippen LogP contribution >= 0.6 is 0 Å². The van der Waals surface area contributed by atoms with Crippen LogP contribution in [0.1, 0.15) is 31.4 Å². The molecule has 2 N–H and O–H groups in total. The molecule has 1 aromatic carbocycles. The lowest BCUT2D eigenvalue weighted by Crippen LogP contribution is -2.49. The first kappa shape index (κ1) is 18.4. The number of hydrogen-bond acceptors (Lipinski definition) is 4. The van der Waals surface area contributed by atoms with Crippen molar-refractivity contribution in [3.8, 4) is 5.69 Å². The molecule has 0 aliphatic heterocycles. The van der Waals surface area contributed by atoms with Crippen LogP contribution in [0.4, 0.5) is 10.5 Å². The van der Waals surface area contributed by atoms with Gasteiger partial charge in [0, 0.05) is 12.3 Å². The lowest BCUT2D eigenvalue weighted by molar-refractivity contribution is 0.244. The number of sulfone groups is 1. The molecule has 2 amide bonds. The predicted molar refractivity (Wildman–Crippen MR) is 101 cm³/mol. The topological polar surface area (TPSA) is 93.1 Å². The van der Waals surface area contributed by atoms with Gasteiger partial charge in [0.05, 0.1) is 28.5 Å². The second-order valence-corrected chi connectivity index (χ2v) is 9.01. The van der Waals surface area contributed by atoms with Crippen molar-refractivity contribution < 1.29 is 13.2 Å². The number of rotatable bonds is 4. The normalized spacial score (nSPS) is 20.5. The average molecular weight is 376 g/mol. The summed E-state index contributed by atoms with van der Waals surface area (Å²) in [6.45, 7) is 1.87. The van der Waals surface area contributed by atoms with Crippen molar-refractivity contribution >= 4 is 21.6 Å². The van der Waals surface area contributed by atoms with E-state index in [2.05, 4.69) is 15.7 Å². The van der Waals surface area contributed by atoms with Crippen molar-refractivity contribution in [2.24, 2.45) is 0 Å². The number of carbonyl (C=O) groups excluding carboxylic acids is 1. The van der Waals surface area contributed by atoms with Gasteiger partial charge in [-0.05, 0) is 31.9 Å². The van der Waals surface area contributed by atoms with Crippen molar-refractivity contribution in [1.82, 2.24) is 15.1 Å². The van der Waals surface area contributed by atoms with E-state index in [0.717, 1.165) is 24.2 Å². The molecule has 0 radical (unpaired) electrons. The Morgan fingerprint density at radius 1 is 1.19 bits per heavy atom. The minimum Gasteiger partial charge on any atom is -0.334 e. The first-order valence-electron chi connectivity index (χ1n) is 8.72. The summed E-state index contributed by atoms with van der Waals surface area (Å²) in [4.78, 5) is 12.4. The zero-order valence-electron chi connectivity index (χ0n) is 15.0. The van der Waals surface area contributed by atoms with Gasteiger partial charge in [-0.3, -0.25) is 0 Å². The van der Waals surface area contributed by atoms with Crippen LogP contribution in [0.3, 0.4) is 0 Å². The highest BCUT2D eigenvalue weighted by atomic mass is 32.2. The Kier molecular flexibility index (Phi) is 5.31. The number of para-hydroxylation sites is 1. The zero-order valence-corrected chi connectivity index (χ0v) is 15.8. The maximum atomic E-state index is 12.4. The van der Waals surface area contributed by atoms with Gasteiger partial charge < -0.3 is 10.6 Å². The Morgan fingerprint density at radius 3 is 2.58 bits per heavy atom. The van der Waals surface area contributed by atoms with Gasteiger partial charge in [-0.1, -0.05) is 31.0 Å². The Morgan fingerprint density at radius 2 is 1.88 bits per heavy atom. The largest absolute Gasteiger partial charge is 0.334 e. The van der Waals surface area contributed by atoms with Crippen molar-refractivity contribution in [1.29, 1.82) is 0 Å². The minimum absolute atomic E-state index is 0.358. The van der Waals surface area contributed by atoms with E-state index >= 15 is 0 Å². The van der Waals surface area contributed by atoms with Crippen LogP contribution in [0.5, 0.6) is 0 Å². The fourth-order valence-electron chi connectivity index (χ4n) is 3.46. The predicted octanol–water partition coefficient (Wildman–Crippen LogP) is 2.66. The summed E-state index contributed by atoms with van der Waals surface area (Å²) in [7, 11) is -3.19. The highest BCUT2D eigenvalue weighted by molar-refractivity contribution is 7.91. The molecule has 7 nitrogen and oxygen atoms in total. The van der Waals surface area contributed by atoms with E-state index in [1.54, 1.807) is 10.9 Å². The monoisotopic (exact) mass is 376 g/mol. The summed E-state index contributed by atoms with van der Waals surface area (Å²) in [6.07, 6.45) is 5.89. The maximum absolute atomic E-state index is 12.4. The number of nitrogens with one attached hydrogen (secondary N) is 2. The lowest BCUT2D eigenvalue weighted by atomic mass is 9.95. The molecule has 140 valence electrons. The number of carbonyl (C=O) groups is 1. The number of anilines is 1. The molecule has 2 atom stereocenters. The van der Waals surface area contributed by atoms with Crippen LogP contribution in [0.2, 0.25) is 0 Å². The fourth-order valence-corrected chi connectivity index (χ4v) is 4.86. The van der Waals surface area contributed by atoms with Gasteiger partial charge in [0.25, 0.3) is 0 Å². The van der Waals surface area contributed by atoms with Gasteiger partial charge in [0.15, 0.2) is 9.84 Å². The molecule has 1 heterocycles. The molecular formula is C18H24N4O3S. The second-order valence-electron chi connectivity index (χ2n) is 6.75. The van der Waals surface area contributed by atoms with Gasteiger partial charge >= 0.3 is 6.03 Å². The van der Waals surface area contributed by atoms with Crippen molar-refractivity contribution in [3.63, 3.8) is 0 Å². The summed E-state index contributed by atoms with van der Waals surface area (Å²) in [6, 6.07) is 8.88. The SMILES string of the molecule is Cc1c(NC(=O)N[C@@H]2CCCC[C@H]2S(C)(=O)=O)cnn1-c1ccccc1. The van der Waals surface area contributed by atoms with E-state index in [-0.39, 0.29) is 6.04 Å². The number of hydrogen-bond donors (Lipinski definition) is 2. The summed E-state index contributed by atoms with van der Waals surface area (Å²) in [5, 5.41) is 9.43. The molecule has 0 saturated heterocycles. The molecule has 8 heteroatoms. The molecule has 1 aliphatic rings. The standard InChI is InChI=1S/C18H24N4O3S/c1-13-16(12-19-22(13)14-8-4-3-5-9-14)21-18(23)20-15-10-6-7-11-17(15)26(2,24)25/h3-5,8-9,12,15,17H,6-7,10-11H2,1-2H3,(H2,20,21,23)/t15-,17-/m1/s1. The Balaban J connectivity index is 1.70. The highest BCUT2D eigenvalue weighted by Crippen LogP contribution is 2.24. The van der Waals surface area contributed by atoms with E-state index in [0.29, 0.717) is 18.5 Å². The third kappa shape index (κ3) is 4.07. The third-order valence-corrected chi connectivity index (χ3v) is 6.49. The average Bonchev–Trinajstić information content (AvgIpc) is 2.96. The zero-order chi connectivity index (χ0) is 18.7. The number of aromatic nitrogens is 2. The molecule has 3 rings (SSSR count). The highest BCUT2D eigenvalue weighted by Gasteiger charge is 2.33. The number of nitrogens with zero attached hydrogens (tertiary/aromatic N) is 2. The van der Waals surface area contributed by atoms with Crippen LogP contribution in [0.25, 0.3) is 5.69 Å². The van der Waals surface area contributed by atoms with Crippen molar-refractivity contribution in [3.05, 3.63) is 42.2 Å². The first-order chi connectivity index (χ1) is 12.4. The van der Waals surface area contributed by atoms with Gasteiger partial charge in [-0.25, -0.2) is 17.9 Å². The van der Waals surface area contributed by atoms with Gasteiger partial charge in [0.1, 0.15) is 0 Å². The van der Waals surface area contributed by atoms with Crippen molar-refractivity contribution in [2.75, 3.05) is 11.6 Å². The molecule has 1 aliphatic carbocycles. The molecule has 26 heavy (non-hydrogen) atoms. The summed E-state index contributed by atoms with van der Waals surface area (Å²) in [5.74, 6) is 0. The maximum Gasteiger partial charge on any atom is 0.319 e. The third-order valence-electron chi connectivity index (χ3n) is 4.83. The van der Waals surface area contributed by atoms with E-state index in [9.17, 15) is 13.2 Å². The van der Waals surface area contributed by atoms with Gasteiger partial charge in [-0.15, -0.1) is 0 Å². The second kappa shape index (κ2) is 7.49. The summed E-state index contributed by atoms with van der Waals surface area (Å²) < 4.78 is 25.7. The van der Waals surface area contributed by atoms with Crippen LogP contribution in [-0.2, 0) is 9.84 Å².